The molecule has 1 atom stereocenters. The van der Waals surface area contributed by atoms with Gasteiger partial charge in [-0.3, -0.25) is 4.79 Å². The van der Waals surface area contributed by atoms with Gasteiger partial charge in [0.1, 0.15) is 0 Å². The van der Waals surface area contributed by atoms with E-state index < -0.39 is 5.82 Å². The molecule has 5 heteroatoms. The van der Waals surface area contributed by atoms with Crippen molar-refractivity contribution in [3.63, 3.8) is 0 Å². The van der Waals surface area contributed by atoms with Gasteiger partial charge in [0.05, 0.1) is 7.11 Å². The average Bonchev–Trinajstić information content (AvgIpc) is 2.91. The molecule has 2 rings (SSSR count). The zero-order valence-electron chi connectivity index (χ0n) is 10.9. The molecule has 1 unspecified atom stereocenters. The summed E-state index contributed by atoms with van der Waals surface area (Å²) < 4.78 is 23.5. The Kier molecular flexibility index (Phi) is 4.74. The van der Waals surface area contributed by atoms with E-state index >= 15 is 0 Å². The van der Waals surface area contributed by atoms with E-state index in [4.69, 9.17) is 9.47 Å². The minimum Gasteiger partial charge on any atom is -0.494 e. The quantitative estimate of drug-likeness (QED) is 0.887. The summed E-state index contributed by atoms with van der Waals surface area (Å²) in [6.07, 6.45) is 1.94. The van der Waals surface area contributed by atoms with Gasteiger partial charge in [0.15, 0.2) is 11.6 Å². The minimum atomic E-state index is -0.528. The predicted molar refractivity (Wildman–Crippen MR) is 68.8 cm³/mol. The van der Waals surface area contributed by atoms with Crippen LogP contribution in [0, 0.1) is 11.7 Å². The summed E-state index contributed by atoms with van der Waals surface area (Å²) in [7, 11) is 1.39. The summed E-state index contributed by atoms with van der Waals surface area (Å²) in [4.78, 5) is 11.8. The third kappa shape index (κ3) is 3.67. The molecular weight excluding hydrogens is 249 g/mol. The van der Waals surface area contributed by atoms with Crippen molar-refractivity contribution in [3.05, 3.63) is 29.6 Å². The van der Waals surface area contributed by atoms with Crippen LogP contribution in [0.15, 0.2) is 18.2 Å². The Labute approximate surface area is 111 Å². The second kappa shape index (κ2) is 6.52. The third-order valence-corrected chi connectivity index (χ3v) is 3.28. The van der Waals surface area contributed by atoms with Gasteiger partial charge in [-0.15, -0.1) is 0 Å². The maximum atomic E-state index is 13.5. The zero-order chi connectivity index (χ0) is 13.7. The smallest absolute Gasteiger partial charge is 0.251 e. The van der Waals surface area contributed by atoms with Crippen molar-refractivity contribution in [2.75, 3.05) is 26.9 Å². The van der Waals surface area contributed by atoms with Crippen molar-refractivity contribution in [1.29, 1.82) is 0 Å². The van der Waals surface area contributed by atoms with Crippen LogP contribution in [0.2, 0.25) is 0 Å². The Balaban J connectivity index is 1.83. The summed E-state index contributed by atoms with van der Waals surface area (Å²) in [5.74, 6) is -0.132. The Morgan fingerprint density at radius 1 is 1.58 bits per heavy atom. The third-order valence-electron chi connectivity index (χ3n) is 3.28. The number of ether oxygens (including phenoxy) is 2. The lowest BCUT2D eigenvalue weighted by molar-refractivity contribution is 0.0950. The van der Waals surface area contributed by atoms with E-state index in [0.29, 0.717) is 18.0 Å². The van der Waals surface area contributed by atoms with Crippen molar-refractivity contribution >= 4 is 5.91 Å². The largest absolute Gasteiger partial charge is 0.494 e. The van der Waals surface area contributed by atoms with Gasteiger partial charge in [0.25, 0.3) is 5.91 Å². The van der Waals surface area contributed by atoms with E-state index in [1.165, 1.54) is 19.2 Å². The van der Waals surface area contributed by atoms with E-state index in [1.54, 1.807) is 6.07 Å². The van der Waals surface area contributed by atoms with Crippen LogP contribution in [0.4, 0.5) is 4.39 Å². The molecule has 1 aromatic carbocycles. The highest BCUT2D eigenvalue weighted by atomic mass is 19.1. The Morgan fingerprint density at radius 3 is 3.05 bits per heavy atom. The molecule has 0 aliphatic carbocycles. The van der Waals surface area contributed by atoms with Crippen molar-refractivity contribution in [2.24, 2.45) is 5.92 Å². The lowest BCUT2D eigenvalue weighted by Gasteiger charge is -2.09. The van der Waals surface area contributed by atoms with Gasteiger partial charge >= 0.3 is 0 Å². The van der Waals surface area contributed by atoms with Crippen LogP contribution in [0.3, 0.4) is 0 Å². The molecule has 0 bridgehead atoms. The first-order chi connectivity index (χ1) is 9.20. The van der Waals surface area contributed by atoms with Gasteiger partial charge < -0.3 is 14.8 Å². The summed E-state index contributed by atoms with van der Waals surface area (Å²) >= 11 is 0. The normalized spacial score (nSPS) is 18.3. The van der Waals surface area contributed by atoms with Gasteiger partial charge in [0, 0.05) is 25.3 Å². The molecule has 1 amide bonds. The fourth-order valence-corrected chi connectivity index (χ4v) is 2.11. The highest BCUT2D eigenvalue weighted by Crippen LogP contribution is 2.18. The van der Waals surface area contributed by atoms with Crippen LogP contribution < -0.4 is 10.1 Å². The van der Waals surface area contributed by atoms with Crippen LogP contribution in [-0.4, -0.2) is 32.8 Å². The van der Waals surface area contributed by atoms with Gasteiger partial charge in [-0.25, -0.2) is 4.39 Å². The molecule has 1 fully saturated rings. The molecule has 0 radical (unpaired) electrons. The van der Waals surface area contributed by atoms with Gasteiger partial charge in [-0.2, -0.15) is 0 Å². The summed E-state index contributed by atoms with van der Waals surface area (Å²) in [5, 5.41) is 2.79. The van der Waals surface area contributed by atoms with Crippen LogP contribution >= 0.6 is 0 Å². The average molecular weight is 267 g/mol. The molecule has 1 saturated heterocycles. The predicted octanol–water partition coefficient (Wildman–Crippen LogP) is 1.99. The number of rotatable bonds is 5. The maximum Gasteiger partial charge on any atom is 0.251 e. The minimum absolute atomic E-state index is 0.139. The molecule has 1 aliphatic heterocycles. The number of hydrogen-bond donors (Lipinski definition) is 1. The van der Waals surface area contributed by atoms with E-state index in [9.17, 15) is 9.18 Å². The molecule has 1 N–H and O–H groups in total. The molecular formula is C14H18FNO3. The number of nitrogens with one attached hydrogen (secondary N) is 1. The SMILES string of the molecule is COc1ccc(C(=O)NCCC2CCOC2)cc1F. The monoisotopic (exact) mass is 267 g/mol. The van der Waals surface area contributed by atoms with Crippen LogP contribution in [-0.2, 0) is 4.74 Å². The second-order valence-electron chi connectivity index (χ2n) is 4.62. The number of methoxy groups -OCH3 is 1. The lowest BCUT2D eigenvalue weighted by atomic mass is 10.1. The Morgan fingerprint density at radius 2 is 2.42 bits per heavy atom. The summed E-state index contributed by atoms with van der Waals surface area (Å²) in [6, 6.07) is 4.19. The molecule has 104 valence electrons. The van der Waals surface area contributed by atoms with E-state index in [-0.39, 0.29) is 11.7 Å². The molecule has 1 heterocycles. The highest BCUT2D eigenvalue weighted by Gasteiger charge is 2.16. The fourth-order valence-electron chi connectivity index (χ4n) is 2.11. The first-order valence-electron chi connectivity index (χ1n) is 6.40. The van der Waals surface area contributed by atoms with Gasteiger partial charge in [0.2, 0.25) is 0 Å². The second-order valence-corrected chi connectivity index (χ2v) is 4.62. The van der Waals surface area contributed by atoms with Gasteiger partial charge in [-0.05, 0) is 37.0 Å². The molecule has 4 nitrogen and oxygen atoms in total. The van der Waals surface area contributed by atoms with Crippen molar-refractivity contribution in [1.82, 2.24) is 5.32 Å². The first kappa shape index (κ1) is 13.8. The van der Waals surface area contributed by atoms with Crippen LogP contribution in [0.25, 0.3) is 0 Å². The van der Waals surface area contributed by atoms with E-state index in [0.717, 1.165) is 26.1 Å². The first-order valence-corrected chi connectivity index (χ1v) is 6.40. The number of halogens is 1. The Hall–Kier alpha value is -1.62. The molecule has 1 aromatic rings. The number of amides is 1. The number of hydrogen-bond acceptors (Lipinski definition) is 3. The number of benzene rings is 1. The molecule has 0 saturated carbocycles. The van der Waals surface area contributed by atoms with E-state index in [2.05, 4.69) is 5.32 Å². The van der Waals surface area contributed by atoms with E-state index in [1.807, 2.05) is 0 Å². The summed E-state index contributed by atoms with van der Waals surface area (Å²) in [5.41, 5.74) is 0.306. The van der Waals surface area contributed by atoms with Crippen molar-refractivity contribution in [2.45, 2.75) is 12.8 Å². The van der Waals surface area contributed by atoms with Crippen LogP contribution in [0.1, 0.15) is 23.2 Å². The topological polar surface area (TPSA) is 47.6 Å². The lowest BCUT2D eigenvalue weighted by Crippen LogP contribution is -2.26. The molecule has 0 aromatic heterocycles. The van der Waals surface area contributed by atoms with Gasteiger partial charge in [-0.1, -0.05) is 0 Å². The standard InChI is InChI=1S/C14H18FNO3/c1-18-13-3-2-11(8-12(13)15)14(17)16-6-4-10-5-7-19-9-10/h2-3,8,10H,4-7,9H2,1H3,(H,16,17). The van der Waals surface area contributed by atoms with Crippen LogP contribution in [0.5, 0.6) is 5.75 Å². The molecule has 1 aliphatic rings. The van der Waals surface area contributed by atoms with Crippen molar-refractivity contribution in [3.8, 4) is 5.75 Å². The van der Waals surface area contributed by atoms with Crippen molar-refractivity contribution < 1.29 is 18.7 Å². The number of carbonyl (C=O) groups is 1. The number of carbonyl (C=O) groups excluding carboxylic acids is 1. The maximum absolute atomic E-state index is 13.5. The molecule has 0 spiro atoms. The molecule has 19 heavy (non-hydrogen) atoms. The Bertz CT molecular complexity index is 444. The summed E-state index contributed by atoms with van der Waals surface area (Å²) in [6.45, 7) is 2.16. The highest BCUT2D eigenvalue weighted by molar-refractivity contribution is 5.94. The zero-order valence-corrected chi connectivity index (χ0v) is 10.9. The fraction of sp³-hybridized carbons (Fsp3) is 0.500.